The molecule has 4 nitrogen and oxygen atoms in total. The molecule has 0 heterocycles. The number of halogens is 1. The predicted octanol–water partition coefficient (Wildman–Crippen LogP) is 5.34. The lowest BCUT2D eigenvalue weighted by Crippen LogP contribution is -2.11. The van der Waals surface area contributed by atoms with E-state index in [9.17, 15) is 9.59 Å². The van der Waals surface area contributed by atoms with Gasteiger partial charge in [-0.3, -0.25) is 9.59 Å². The summed E-state index contributed by atoms with van der Waals surface area (Å²) in [6.45, 7) is 1.67. The van der Waals surface area contributed by atoms with Gasteiger partial charge in [-0.2, -0.15) is 0 Å². The first-order chi connectivity index (χ1) is 13.5. The van der Waals surface area contributed by atoms with Gasteiger partial charge in [-0.15, -0.1) is 11.6 Å². The fraction of sp³-hybridized carbons (Fsp3) is 0.130. The van der Waals surface area contributed by atoms with Crippen molar-refractivity contribution in [2.45, 2.75) is 18.9 Å². The lowest BCUT2D eigenvalue weighted by molar-refractivity contribution is -0.144. The van der Waals surface area contributed by atoms with Gasteiger partial charge >= 0.3 is 5.97 Å². The molecule has 28 heavy (non-hydrogen) atoms. The Balaban J connectivity index is 1.62. The monoisotopic (exact) mass is 393 g/mol. The Hall–Kier alpha value is -3.11. The zero-order chi connectivity index (χ0) is 19.9. The molecule has 0 radical (unpaired) electrons. The van der Waals surface area contributed by atoms with Crippen molar-refractivity contribution in [3.8, 4) is 11.1 Å². The zero-order valence-corrected chi connectivity index (χ0v) is 16.1. The number of alkyl halides is 1. The number of anilines is 1. The Kier molecular flexibility index (Phi) is 6.45. The van der Waals surface area contributed by atoms with E-state index in [1.165, 1.54) is 6.92 Å². The second-order valence-electron chi connectivity index (χ2n) is 6.34. The lowest BCUT2D eigenvalue weighted by Gasteiger charge is -2.11. The third-order valence-electron chi connectivity index (χ3n) is 4.17. The van der Waals surface area contributed by atoms with Gasteiger partial charge in [0.1, 0.15) is 6.61 Å². The minimum atomic E-state index is -0.861. The quantitative estimate of drug-likeness (QED) is 0.454. The van der Waals surface area contributed by atoms with Crippen LogP contribution >= 0.6 is 11.6 Å². The summed E-state index contributed by atoms with van der Waals surface area (Å²) in [5.41, 5.74) is 4.32. The van der Waals surface area contributed by atoms with E-state index in [0.717, 1.165) is 22.4 Å². The number of hydrogen-bond acceptors (Lipinski definition) is 3. The van der Waals surface area contributed by atoms with Crippen molar-refractivity contribution < 1.29 is 14.3 Å². The second-order valence-corrected chi connectivity index (χ2v) is 6.77. The maximum absolute atomic E-state index is 12.2. The highest BCUT2D eigenvalue weighted by molar-refractivity contribution is 6.29. The summed E-state index contributed by atoms with van der Waals surface area (Å²) in [6, 6.07) is 24.5. The molecule has 0 fully saturated rings. The molecule has 3 aromatic carbocycles. The summed E-state index contributed by atoms with van der Waals surface area (Å²) < 4.78 is 5.30. The van der Waals surface area contributed by atoms with E-state index in [1.54, 1.807) is 0 Å². The van der Waals surface area contributed by atoms with Crippen LogP contribution in [-0.2, 0) is 20.9 Å². The van der Waals surface area contributed by atoms with E-state index in [2.05, 4.69) is 5.32 Å². The van der Waals surface area contributed by atoms with Crippen LogP contribution in [0.4, 0.5) is 5.69 Å². The van der Waals surface area contributed by atoms with Gasteiger partial charge in [0.15, 0.2) is 5.38 Å². The van der Waals surface area contributed by atoms with Crippen LogP contribution in [0.25, 0.3) is 11.1 Å². The molecule has 3 rings (SSSR count). The van der Waals surface area contributed by atoms with Crippen LogP contribution in [0.3, 0.4) is 0 Å². The highest BCUT2D eigenvalue weighted by atomic mass is 35.5. The third kappa shape index (κ3) is 5.21. The molecule has 1 unspecified atom stereocenters. The molecular formula is C23H20ClNO3. The number of carbonyl (C=O) groups is 2. The van der Waals surface area contributed by atoms with Crippen LogP contribution in [0.2, 0.25) is 0 Å². The Morgan fingerprint density at radius 2 is 1.46 bits per heavy atom. The van der Waals surface area contributed by atoms with Crippen molar-refractivity contribution >= 4 is 29.2 Å². The summed E-state index contributed by atoms with van der Waals surface area (Å²) in [4.78, 5) is 23.3. The Morgan fingerprint density at radius 3 is 2.04 bits per heavy atom. The number of amides is 1. The number of carbonyl (C=O) groups excluding carboxylic acids is 2. The number of benzene rings is 3. The molecule has 1 amide bonds. The number of ether oxygens (including phenoxy) is 1. The largest absolute Gasteiger partial charge is 0.459 e. The van der Waals surface area contributed by atoms with Gasteiger partial charge in [0.25, 0.3) is 0 Å². The Morgan fingerprint density at radius 1 is 0.893 bits per heavy atom. The van der Waals surface area contributed by atoms with Crippen molar-refractivity contribution in [1.82, 2.24) is 0 Å². The van der Waals surface area contributed by atoms with Crippen LogP contribution in [0.15, 0.2) is 78.9 Å². The van der Waals surface area contributed by atoms with Crippen molar-refractivity contribution in [2.75, 3.05) is 5.32 Å². The van der Waals surface area contributed by atoms with E-state index >= 15 is 0 Å². The standard InChI is InChI=1S/C23H20ClNO3/c1-16(26)25-21-13-11-19(12-14-21)18-7-9-20(10-8-18)22(24)23(27)28-15-17-5-3-2-4-6-17/h2-14,22H,15H2,1H3,(H,25,26). The molecule has 5 heteroatoms. The minimum Gasteiger partial charge on any atom is -0.459 e. The summed E-state index contributed by atoms with van der Waals surface area (Å²) in [5, 5.41) is 1.87. The number of esters is 1. The summed E-state index contributed by atoms with van der Waals surface area (Å²) >= 11 is 6.28. The summed E-state index contributed by atoms with van der Waals surface area (Å²) in [5.74, 6) is -0.581. The molecule has 0 aliphatic heterocycles. The number of nitrogens with one attached hydrogen (secondary N) is 1. The van der Waals surface area contributed by atoms with E-state index in [1.807, 2.05) is 78.9 Å². The molecule has 3 aromatic rings. The molecule has 0 spiro atoms. The van der Waals surface area contributed by atoms with Crippen LogP contribution < -0.4 is 5.32 Å². The third-order valence-corrected chi connectivity index (χ3v) is 4.60. The maximum Gasteiger partial charge on any atom is 0.328 e. The van der Waals surface area contributed by atoms with Gasteiger partial charge in [-0.05, 0) is 34.4 Å². The SMILES string of the molecule is CC(=O)Nc1ccc(-c2ccc(C(Cl)C(=O)OCc3ccccc3)cc2)cc1. The number of rotatable bonds is 6. The van der Waals surface area contributed by atoms with E-state index < -0.39 is 11.3 Å². The van der Waals surface area contributed by atoms with Crippen molar-refractivity contribution in [3.05, 3.63) is 90.0 Å². The van der Waals surface area contributed by atoms with Gasteiger partial charge in [-0.25, -0.2) is 0 Å². The van der Waals surface area contributed by atoms with E-state index in [4.69, 9.17) is 16.3 Å². The maximum atomic E-state index is 12.2. The molecule has 0 aliphatic rings. The average Bonchev–Trinajstić information content (AvgIpc) is 2.72. The summed E-state index contributed by atoms with van der Waals surface area (Å²) in [7, 11) is 0. The molecule has 1 N–H and O–H groups in total. The lowest BCUT2D eigenvalue weighted by atomic mass is 10.0. The smallest absolute Gasteiger partial charge is 0.328 e. The average molecular weight is 394 g/mol. The summed E-state index contributed by atoms with van der Waals surface area (Å²) in [6.07, 6.45) is 0. The van der Waals surface area contributed by atoms with Gasteiger partial charge in [-0.1, -0.05) is 66.7 Å². The van der Waals surface area contributed by atoms with Gasteiger partial charge in [0.05, 0.1) is 0 Å². The van der Waals surface area contributed by atoms with Crippen molar-refractivity contribution in [3.63, 3.8) is 0 Å². The van der Waals surface area contributed by atoms with Gasteiger partial charge in [0, 0.05) is 12.6 Å². The van der Waals surface area contributed by atoms with E-state index in [0.29, 0.717) is 5.56 Å². The van der Waals surface area contributed by atoms with Gasteiger partial charge in [0.2, 0.25) is 5.91 Å². The Bertz CT molecular complexity index is 938. The molecule has 0 aliphatic carbocycles. The van der Waals surface area contributed by atoms with E-state index in [-0.39, 0.29) is 12.5 Å². The topological polar surface area (TPSA) is 55.4 Å². The van der Waals surface area contributed by atoms with Crippen LogP contribution in [0.5, 0.6) is 0 Å². The van der Waals surface area contributed by atoms with Gasteiger partial charge < -0.3 is 10.1 Å². The second kappa shape index (κ2) is 9.20. The first-order valence-corrected chi connectivity index (χ1v) is 9.29. The molecule has 0 aromatic heterocycles. The molecule has 142 valence electrons. The van der Waals surface area contributed by atoms with Crippen LogP contribution in [0, 0.1) is 0 Å². The fourth-order valence-electron chi connectivity index (χ4n) is 2.73. The van der Waals surface area contributed by atoms with Crippen molar-refractivity contribution in [1.29, 1.82) is 0 Å². The van der Waals surface area contributed by atoms with Crippen LogP contribution in [0.1, 0.15) is 23.4 Å². The first-order valence-electron chi connectivity index (χ1n) is 8.85. The molecule has 0 saturated carbocycles. The zero-order valence-electron chi connectivity index (χ0n) is 15.4. The first kappa shape index (κ1) is 19.6. The highest BCUT2D eigenvalue weighted by Gasteiger charge is 2.19. The molecular weight excluding hydrogens is 374 g/mol. The molecule has 0 saturated heterocycles. The van der Waals surface area contributed by atoms with Crippen molar-refractivity contribution in [2.24, 2.45) is 0 Å². The van der Waals surface area contributed by atoms with Crippen LogP contribution in [-0.4, -0.2) is 11.9 Å². The minimum absolute atomic E-state index is 0.107. The normalized spacial score (nSPS) is 11.5. The fourth-order valence-corrected chi connectivity index (χ4v) is 2.94. The predicted molar refractivity (Wildman–Crippen MR) is 111 cm³/mol. The molecule has 0 bridgehead atoms. The highest BCUT2D eigenvalue weighted by Crippen LogP contribution is 2.27. The molecule has 1 atom stereocenters. The number of hydrogen-bond donors (Lipinski definition) is 1. The Labute approximate surface area is 169 Å².